The second-order valence-electron chi connectivity index (χ2n) is 6.85. The molecule has 4 aromatic rings. The number of hydrogen-bond donors (Lipinski definition) is 1. The van der Waals surface area contributed by atoms with Crippen LogP contribution in [-0.2, 0) is 10.5 Å². The first kappa shape index (κ1) is 22.3. The smallest absolute Gasteiger partial charge is 0.323 e. The highest BCUT2D eigenvalue weighted by Crippen LogP contribution is 2.30. The SMILES string of the molecule is C/C(=N\NC(=O)CSc1n[nH+]c(SCc2cccc3ccccc23)s1)c1ccc([O-])cc1. The molecule has 0 saturated heterocycles. The Kier molecular flexibility index (Phi) is 7.41. The van der Waals surface area contributed by atoms with Gasteiger partial charge in [0.1, 0.15) is 0 Å². The first-order chi connectivity index (χ1) is 15.6. The zero-order chi connectivity index (χ0) is 22.3. The molecule has 0 radical (unpaired) electrons. The van der Waals surface area contributed by atoms with Crippen molar-refractivity contribution in [2.45, 2.75) is 21.4 Å². The van der Waals surface area contributed by atoms with Crippen LogP contribution in [0, 0.1) is 0 Å². The van der Waals surface area contributed by atoms with Crippen LogP contribution in [0.1, 0.15) is 18.1 Å². The fourth-order valence-electron chi connectivity index (χ4n) is 2.97. The van der Waals surface area contributed by atoms with Gasteiger partial charge in [-0.15, -0.1) is 5.75 Å². The molecule has 1 amide bonds. The lowest BCUT2D eigenvalue weighted by atomic mass is 10.1. The first-order valence-corrected chi connectivity index (χ1v) is 12.6. The highest BCUT2D eigenvalue weighted by molar-refractivity contribution is 8.03. The highest BCUT2D eigenvalue weighted by atomic mass is 32.2. The summed E-state index contributed by atoms with van der Waals surface area (Å²) < 4.78 is 1.80. The van der Waals surface area contributed by atoms with Gasteiger partial charge in [0.05, 0.1) is 11.5 Å². The molecule has 0 atom stereocenters. The Bertz CT molecular complexity index is 1250. The van der Waals surface area contributed by atoms with Crippen LogP contribution in [0.5, 0.6) is 5.75 Å². The van der Waals surface area contributed by atoms with Crippen molar-refractivity contribution in [3.63, 3.8) is 0 Å². The van der Waals surface area contributed by atoms with Crippen LogP contribution in [-0.4, -0.2) is 22.5 Å². The number of amides is 1. The molecular formula is C23H20N4O2S3. The molecule has 32 heavy (non-hydrogen) atoms. The summed E-state index contributed by atoms with van der Waals surface area (Å²) in [5.41, 5.74) is 5.26. The Morgan fingerprint density at radius 3 is 2.72 bits per heavy atom. The second kappa shape index (κ2) is 10.6. The van der Waals surface area contributed by atoms with Crippen molar-refractivity contribution in [2.75, 3.05) is 5.75 Å². The Balaban J connectivity index is 1.27. The van der Waals surface area contributed by atoms with Gasteiger partial charge >= 0.3 is 4.34 Å². The molecule has 0 bridgehead atoms. The van der Waals surface area contributed by atoms with Crippen molar-refractivity contribution >= 4 is 57.3 Å². The molecule has 6 nitrogen and oxygen atoms in total. The summed E-state index contributed by atoms with van der Waals surface area (Å²) in [4.78, 5) is 12.1. The fourth-order valence-corrected chi connectivity index (χ4v) is 5.86. The van der Waals surface area contributed by atoms with Gasteiger partial charge in [-0.05, 0) is 51.9 Å². The third-order valence-electron chi connectivity index (χ3n) is 4.60. The van der Waals surface area contributed by atoms with Gasteiger partial charge in [-0.1, -0.05) is 83.6 Å². The molecule has 9 heteroatoms. The molecule has 3 aromatic carbocycles. The van der Waals surface area contributed by atoms with E-state index in [1.165, 1.54) is 51.6 Å². The molecule has 1 aromatic heterocycles. The number of H-pyrrole nitrogens is 1. The van der Waals surface area contributed by atoms with Crippen molar-refractivity contribution in [3.8, 4) is 5.75 Å². The zero-order valence-corrected chi connectivity index (χ0v) is 19.7. The van der Waals surface area contributed by atoms with Crippen LogP contribution in [0.2, 0.25) is 0 Å². The number of nitrogens with zero attached hydrogens (tertiary/aromatic N) is 2. The number of aromatic amines is 1. The summed E-state index contributed by atoms with van der Waals surface area (Å²) in [6.07, 6.45) is 0. The van der Waals surface area contributed by atoms with E-state index in [4.69, 9.17) is 0 Å². The van der Waals surface area contributed by atoms with Gasteiger partial charge < -0.3 is 5.11 Å². The lowest BCUT2D eigenvalue weighted by Gasteiger charge is -2.06. The summed E-state index contributed by atoms with van der Waals surface area (Å²) in [7, 11) is 0. The molecule has 0 aliphatic rings. The maximum atomic E-state index is 12.1. The van der Waals surface area contributed by atoms with E-state index in [2.05, 4.69) is 57.1 Å². The third-order valence-corrected chi connectivity index (χ3v) is 7.91. The minimum Gasteiger partial charge on any atom is -0.872 e. The summed E-state index contributed by atoms with van der Waals surface area (Å²) in [5, 5.41) is 25.1. The predicted octanol–water partition coefficient (Wildman–Crippen LogP) is 4.11. The monoisotopic (exact) mass is 480 g/mol. The quantitative estimate of drug-likeness (QED) is 0.233. The van der Waals surface area contributed by atoms with Crippen LogP contribution in [0.3, 0.4) is 0 Å². The molecular weight excluding hydrogens is 460 g/mol. The number of nitrogens with one attached hydrogen (secondary N) is 2. The zero-order valence-electron chi connectivity index (χ0n) is 17.2. The van der Waals surface area contributed by atoms with Gasteiger partial charge in [0.15, 0.2) is 0 Å². The average molecular weight is 481 g/mol. The van der Waals surface area contributed by atoms with Crippen molar-refractivity contribution in [2.24, 2.45) is 5.10 Å². The largest absolute Gasteiger partial charge is 0.872 e. The number of carbonyl (C=O) groups excluding carboxylic acids is 1. The van der Waals surface area contributed by atoms with Crippen molar-refractivity contribution in [1.82, 2.24) is 10.5 Å². The number of hydrazone groups is 1. The molecule has 0 unspecified atom stereocenters. The lowest BCUT2D eigenvalue weighted by molar-refractivity contribution is -0.492. The van der Waals surface area contributed by atoms with E-state index in [1.54, 1.807) is 30.8 Å². The molecule has 1 heterocycles. The predicted molar refractivity (Wildman–Crippen MR) is 129 cm³/mol. The molecule has 162 valence electrons. The molecule has 2 N–H and O–H groups in total. The molecule has 0 aliphatic carbocycles. The number of fused-ring (bicyclic) bond motifs is 1. The van der Waals surface area contributed by atoms with Crippen LogP contribution >= 0.6 is 34.9 Å². The topological polar surface area (TPSA) is 91.6 Å². The van der Waals surface area contributed by atoms with Crippen molar-refractivity contribution in [3.05, 3.63) is 77.9 Å². The van der Waals surface area contributed by atoms with E-state index in [9.17, 15) is 9.90 Å². The van der Waals surface area contributed by atoms with Crippen LogP contribution in [0.15, 0.2) is 80.5 Å². The summed E-state index contributed by atoms with van der Waals surface area (Å²) in [5.74, 6) is 0.781. The van der Waals surface area contributed by atoms with Gasteiger partial charge in [-0.25, -0.2) is 5.43 Å². The number of carbonyl (C=O) groups is 1. The summed E-state index contributed by atoms with van der Waals surface area (Å²) in [6, 6.07) is 21.0. The molecule has 4 rings (SSSR count). The first-order valence-electron chi connectivity index (χ1n) is 9.80. The average Bonchev–Trinajstić information content (AvgIpc) is 3.28. The van der Waals surface area contributed by atoms with E-state index in [0.717, 1.165) is 20.0 Å². The van der Waals surface area contributed by atoms with Crippen LogP contribution in [0.4, 0.5) is 0 Å². The van der Waals surface area contributed by atoms with Gasteiger partial charge in [-0.3, -0.25) is 4.79 Å². The Morgan fingerprint density at radius 2 is 1.88 bits per heavy atom. The third kappa shape index (κ3) is 5.87. The number of hydrogen-bond acceptors (Lipinski definition) is 7. The second-order valence-corrected chi connectivity index (χ2v) is 10.3. The minimum atomic E-state index is -0.213. The maximum absolute atomic E-state index is 12.1. The van der Waals surface area contributed by atoms with Gasteiger partial charge in [0.25, 0.3) is 5.91 Å². The summed E-state index contributed by atoms with van der Waals surface area (Å²) in [6.45, 7) is 1.78. The highest BCUT2D eigenvalue weighted by Gasteiger charge is 2.14. The molecule has 0 saturated carbocycles. The van der Waals surface area contributed by atoms with Crippen molar-refractivity contribution in [1.29, 1.82) is 0 Å². The number of rotatable bonds is 8. The number of thioether (sulfide) groups is 2. The van der Waals surface area contributed by atoms with Gasteiger partial charge in [0, 0.05) is 10.9 Å². The van der Waals surface area contributed by atoms with E-state index < -0.39 is 0 Å². The number of aromatic nitrogens is 2. The standard InChI is InChI=1S/C23H20N4O2S3/c1-15(16-9-11-19(28)12-10-16)24-25-21(29)14-31-23-27-26-22(32-23)30-13-18-7-4-6-17-5-2-3-8-20(17)18/h2-12,28H,13-14H2,1H3,(H,25,29)/b24-15+. The number of benzene rings is 3. The van der Waals surface area contributed by atoms with E-state index >= 15 is 0 Å². The Hall–Kier alpha value is -2.88. The lowest BCUT2D eigenvalue weighted by Crippen LogP contribution is -2.21. The molecule has 0 spiro atoms. The van der Waals surface area contributed by atoms with Crippen LogP contribution < -0.4 is 15.6 Å². The maximum Gasteiger partial charge on any atom is 0.323 e. The van der Waals surface area contributed by atoms with Crippen LogP contribution in [0.25, 0.3) is 10.8 Å². The summed E-state index contributed by atoms with van der Waals surface area (Å²) >= 11 is 4.60. The normalized spacial score (nSPS) is 11.6. The van der Waals surface area contributed by atoms with Gasteiger partial charge in [-0.2, -0.15) is 5.10 Å². The minimum absolute atomic E-state index is 0.0584. The molecule has 0 aliphatic heterocycles. The van der Waals surface area contributed by atoms with Gasteiger partial charge in [0.2, 0.25) is 4.34 Å². The van der Waals surface area contributed by atoms with Crippen molar-refractivity contribution < 1.29 is 15.0 Å². The molecule has 0 fully saturated rings. The Labute approximate surface area is 198 Å². The Morgan fingerprint density at radius 1 is 1.09 bits per heavy atom. The van der Waals surface area contributed by atoms with E-state index in [0.29, 0.717) is 5.71 Å². The van der Waals surface area contributed by atoms with E-state index in [1.807, 2.05) is 6.07 Å². The fraction of sp³-hybridized carbons (Fsp3) is 0.130. The van der Waals surface area contributed by atoms with E-state index in [-0.39, 0.29) is 17.4 Å².